The molecule has 0 fully saturated rings. The van der Waals surface area contributed by atoms with E-state index in [-0.39, 0.29) is 17.7 Å². The van der Waals surface area contributed by atoms with Gasteiger partial charge in [-0.05, 0) is 24.5 Å². The number of nitrogens with two attached hydrogens (primary N) is 2. The van der Waals surface area contributed by atoms with Crippen LogP contribution in [0.1, 0.15) is 40.2 Å². The minimum Gasteiger partial charge on any atom is -0.409 e. The molecule has 130 valence electrons. The minimum absolute atomic E-state index is 0.135. The predicted octanol–water partition coefficient (Wildman–Crippen LogP) is 2.81. The lowest BCUT2D eigenvalue weighted by Crippen LogP contribution is -2.43. The van der Waals surface area contributed by atoms with Crippen molar-refractivity contribution in [2.75, 3.05) is 5.73 Å². The van der Waals surface area contributed by atoms with Gasteiger partial charge in [-0.3, -0.25) is 4.98 Å². The maximum Gasteiger partial charge on any atom is 0.219 e. The van der Waals surface area contributed by atoms with Crippen LogP contribution in [-0.2, 0) is 5.41 Å². The zero-order chi connectivity index (χ0) is 18.3. The lowest BCUT2D eigenvalue weighted by molar-refractivity contribution is 0.306. The second-order valence-corrected chi connectivity index (χ2v) is 5.60. The Morgan fingerprint density at radius 1 is 1.12 bits per heavy atom. The summed E-state index contributed by atoms with van der Waals surface area (Å²) in [5.41, 5.74) is 13.1. The average Bonchev–Trinajstić information content (AvgIpc) is 2.62. The van der Waals surface area contributed by atoms with E-state index in [1.54, 1.807) is 18.6 Å². The van der Waals surface area contributed by atoms with Crippen molar-refractivity contribution >= 4 is 11.8 Å². The smallest absolute Gasteiger partial charge is 0.219 e. The number of aromatic nitrogens is 3. The topological polar surface area (TPSA) is 123 Å². The van der Waals surface area contributed by atoms with Gasteiger partial charge in [0.2, 0.25) is 5.95 Å². The van der Waals surface area contributed by atoms with E-state index in [1.165, 1.54) is 0 Å². The van der Waals surface area contributed by atoms with Crippen molar-refractivity contribution in [2.24, 2.45) is 16.8 Å². The SMILES string of the molecule is CC.CC(C)[C@@](C)(/C(N)=N/O)c1ccc(-c2cnc(N)nc2)nc1. The molecule has 0 aliphatic rings. The number of rotatable bonds is 4. The molecule has 2 aromatic heterocycles. The summed E-state index contributed by atoms with van der Waals surface area (Å²) < 4.78 is 0. The molecule has 2 aromatic rings. The van der Waals surface area contributed by atoms with Crippen LogP contribution in [0, 0.1) is 5.92 Å². The third-order valence-corrected chi connectivity index (χ3v) is 4.13. The van der Waals surface area contributed by atoms with Crippen LogP contribution in [0.25, 0.3) is 11.3 Å². The number of oxime groups is 1. The number of nitrogens with zero attached hydrogens (tertiary/aromatic N) is 4. The summed E-state index contributed by atoms with van der Waals surface area (Å²) in [6, 6.07) is 3.77. The molecule has 0 bridgehead atoms. The van der Waals surface area contributed by atoms with Crippen LogP contribution in [0.5, 0.6) is 0 Å². The Labute approximate surface area is 142 Å². The molecule has 2 heterocycles. The van der Waals surface area contributed by atoms with Gasteiger partial charge in [-0.2, -0.15) is 0 Å². The number of pyridine rings is 1. The Balaban J connectivity index is 0.00000139. The summed E-state index contributed by atoms with van der Waals surface area (Å²) >= 11 is 0. The number of nitrogen functional groups attached to an aromatic ring is 1. The van der Waals surface area contributed by atoms with Crippen LogP contribution in [0.15, 0.2) is 35.9 Å². The molecule has 0 aliphatic heterocycles. The predicted molar refractivity (Wildman–Crippen MR) is 96.6 cm³/mol. The van der Waals surface area contributed by atoms with Crippen LogP contribution < -0.4 is 11.5 Å². The highest BCUT2D eigenvalue weighted by Gasteiger charge is 2.35. The molecule has 0 unspecified atom stereocenters. The molecular formula is C17H26N6O. The molecule has 0 saturated carbocycles. The number of hydrogen-bond donors (Lipinski definition) is 3. The first-order chi connectivity index (χ1) is 11.4. The van der Waals surface area contributed by atoms with E-state index in [0.29, 0.717) is 0 Å². The molecule has 7 heteroatoms. The van der Waals surface area contributed by atoms with Gasteiger partial charge in [0, 0.05) is 24.2 Å². The van der Waals surface area contributed by atoms with Crippen LogP contribution in [-0.4, -0.2) is 26.0 Å². The Morgan fingerprint density at radius 2 is 1.71 bits per heavy atom. The molecule has 2 rings (SSSR count). The first kappa shape index (κ1) is 19.3. The molecule has 24 heavy (non-hydrogen) atoms. The Kier molecular flexibility index (Phi) is 6.64. The number of amidine groups is 1. The zero-order valence-corrected chi connectivity index (χ0v) is 14.9. The van der Waals surface area contributed by atoms with Crippen LogP contribution in [0.2, 0.25) is 0 Å². The summed E-state index contributed by atoms with van der Waals surface area (Å²) in [4.78, 5) is 12.3. The van der Waals surface area contributed by atoms with Crippen molar-refractivity contribution in [2.45, 2.75) is 40.0 Å². The average molecular weight is 330 g/mol. The summed E-state index contributed by atoms with van der Waals surface area (Å²) in [6.07, 6.45) is 4.97. The minimum atomic E-state index is -0.599. The van der Waals surface area contributed by atoms with Crippen LogP contribution in [0.3, 0.4) is 0 Å². The standard InChI is InChI=1S/C15H20N6O.C2H6/c1-9(2)15(3,13(16)21-22)11-4-5-12(18-8-11)10-6-19-14(17)20-7-10;1-2/h4-9,22H,1-3H3,(H2,16,21)(H2,17,19,20);1-2H3/t15-;/m1./s1. The lowest BCUT2D eigenvalue weighted by Gasteiger charge is -2.32. The quantitative estimate of drug-likeness (QED) is 0.343. The fourth-order valence-corrected chi connectivity index (χ4v) is 2.22. The first-order valence-electron chi connectivity index (χ1n) is 7.92. The van der Waals surface area contributed by atoms with E-state index in [2.05, 4.69) is 20.1 Å². The van der Waals surface area contributed by atoms with Crippen molar-refractivity contribution in [3.8, 4) is 11.3 Å². The van der Waals surface area contributed by atoms with Gasteiger partial charge in [-0.1, -0.05) is 38.9 Å². The summed E-state index contributed by atoms with van der Waals surface area (Å²) in [7, 11) is 0. The third-order valence-electron chi connectivity index (χ3n) is 4.13. The second-order valence-electron chi connectivity index (χ2n) is 5.60. The normalized spacial score (nSPS) is 13.8. The molecular weight excluding hydrogens is 304 g/mol. The van der Waals surface area contributed by atoms with Crippen LogP contribution >= 0.6 is 0 Å². The van der Waals surface area contributed by atoms with Crippen molar-refractivity contribution in [1.82, 2.24) is 15.0 Å². The molecule has 0 radical (unpaired) electrons. The molecule has 0 aromatic carbocycles. The third kappa shape index (κ3) is 3.79. The van der Waals surface area contributed by atoms with Crippen molar-refractivity contribution in [3.05, 3.63) is 36.3 Å². The van der Waals surface area contributed by atoms with Crippen molar-refractivity contribution < 1.29 is 5.21 Å². The largest absolute Gasteiger partial charge is 0.409 e. The van der Waals surface area contributed by atoms with E-state index >= 15 is 0 Å². The molecule has 0 spiro atoms. The summed E-state index contributed by atoms with van der Waals surface area (Å²) in [6.45, 7) is 9.95. The maximum atomic E-state index is 9.05. The van der Waals surface area contributed by atoms with Gasteiger partial charge in [0.15, 0.2) is 0 Å². The maximum absolute atomic E-state index is 9.05. The number of anilines is 1. The molecule has 5 N–H and O–H groups in total. The fraction of sp³-hybridized carbons (Fsp3) is 0.412. The van der Waals surface area contributed by atoms with Gasteiger partial charge in [-0.15, -0.1) is 0 Å². The molecule has 0 aliphatic carbocycles. The van der Waals surface area contributed by atoms with Gasteiger partial charge in [0.1, 0.15) is 5.84 Å². The van der Waals surface area contributed by atoms with E-state index in [4.69, 9.17) is 16.7 Å². The van der Waals surface area contributed by atoms with Gasteiger partial charge >= 0.3 is 0 Å². The Morgan fingerprint density at radius 3 is 2.12 bits per heavy atom. The highest BCUT2D eigenvalue weighted by atomic mass is 16.4. The molecule has 1 atom stereocenters. The van der Waals surface area contributed by atoms with E-state index in [9.17, 15) is 0 Å². The Bertz CT molecular complexity index is 666. The Hall–Kier alpha value is -2.70. The zero-order valence-electron chi connectivity index (χ0n) is 14.9. The van der Waals surface area contributed by atoms with Crippen molar-refractivity contribution in [3.63, 3.8) is 0 Å². The van der Waals surface area contributed by atoms with E-state index < -0.39 is 5.41 Å². The molecule has 0 saturated heterocycles. The molecule has 7 nitrogen and oxygen atoms in total. The highest BCUT2D eigenvalue weighted by molar-refractivity contribution is 5.91. The van der Waals surface area contributed by atoms with E-state index in [0.717, 1.165) is 16.8 Å². The fourth-order valence-electron chi connectivity index (χ4n) is 2.22. The first-order valence-corrected chi connectivity index (χ1v) is 7.92. The summed E-state index contributed by atoms with van der Waals surface area (Å²) in [5, 5.41) is 12.2. The monoisotopic (exact) mass is 330 g/mol. The second kappa shape index (κ2) is 8.24. The van der Waals surface area contributed by atoms with Gasteiger partial charge in [0.05, 0.1) is 11.1 Å². The van der Waals surface area contributed by atoms with E-state index in [1.807, 2.05) is 46.8 Å². The lowest BCUT2D eigenvalue weighted by atomic mass is 9.73. The van der Waals surface area contributed by atoms with Gasteiger partial charge in [0.25, 0.3) is 0 Å². The number of hydrogen-bond acceptors (Lipinski definition) is 6. The van der Waals surface area contributed by atoms with Crippen LogP contribution in [0.4, 0.5) is 5.95 Å². The van der Waals surface area contributed by atoms with Crippen molar-refractivity contribution in [1.29, 1.82) is 0 Å². The van der Waals surface area contributed by atoms with Gasteiger partial charge in [-0.25, -0.2) is 9.97 Å². The summed E-state index contributed by atoms with van der Waals surface area (Å²) in [5.74, 6) is 0.517. The molecule has 0 amide bonds. The van der Waals surface area contributed by atoms with Gasteiger partial charge < -0.3 is 16.7 Å². The highest BCUT2D eigenvalue weighted by Crippen LogP contribution is 2.32.